The van der Waals surface area contributed by atoms with E-state index in [2.05, 4.69) is 15.2 Å². The molecular formula is C23H30N4O4S. The number of nitrogens with one attached hydrogen (secondary N) is 1. The van der Waals surface area contributed by atoms with Crippen LogP contribution in [0.4, 0.5) is 11.5 Å². The van der Waals surface area contributed by atoms with Gasteiger partial charge in [0.2, 0.25) is 15.9 Å². The molecule has 1 aromatic heterocycles. The number of hydrogen-bond donors (Lipinski definition) is 1. The van der Waals surface area contributed by atoms with E-state index in [0.717, 1.165) is 18.9 Å². The van der Waals surface area contributed by atoms with Crippen LogP contribution in [0.5, 0.6) is 0 Å². The number of pyridine rings is 1. The van der Waals surface area contributed by atoms with E-state index in [4.69, 9.17) is 4.74 Å². The van der Waals surface area contributed by atoms with Gasteiger partial charge in [-0.05, 0) is 51.0 Å². The molecule has 1 aromatic carbocycles. The maximum absolute atomic E-state index is 12.8. The fourth-order valence-electron chi connectivity index (χ4n) is 4.36. The summed E-state index contributed by atoms with van der Waals surface area (Å²) in [6, 6.07) is 12.2. The van der Waals surface area contributed by atoms with E-state index < -0.39 is 10.0 Å². The number of carbonyl (C=O) groups is 1. The van der Waals surface area contributed by atoms with E-state index in [1.54, 1.807) is 36.5 Å². The molecule has 2 fully saturated rings. The van der Waals surface area contributed by atoms with Crippen molar-refractivity contribution >= 4 is 27.4 Å². The van der Waals surface area contributed by atoms with Crippen molar-refractivity contribution in [3.8, 4) is 0 Å². The van der Waals surface area contributed by atoms with Gasteiger partial charge < -0.3 is 15.0 Å². The monoisotopic (exact) mass is 458 g/mol. The van der Waals surface area contributed by atoms with Gasteiger partial charge in [-0.3, -0.25) is 4.79 Å². The maximum Gasteiger partial charge on any atom is 0.243 e. The summed E-state index contributed by atoms with van der Waals surface area (Å²) in [7, 11) is -3.52. The van der Waals surface area contributed by atoms with E-state index in [1.165, 1.54) is 4.31 Å². The molecule has 32 heavy (non-hydrogen) atoms. The molecule has 0 radical (unpaired) electrons. The molecular weight excluding hydrogens is 428 g/mol. The summed E-state index contributed by atoms with van der Waals surface area (Å²) in [5, 5.41) is 2.93. The summed E-state index contributed by atoms with van der Waals surface area (Å²) in [6.45, 7) is 6.34. The number of rotatable bonds is 5. The molecule has 2 saturated heterocycles. The molecule has 2 aliphatic rings. The number of benzene rings is 1. The summed E-state index contributed by atoms with van der Waals surface area (Å²) in [5.41, 5.74) is 0.646. The minimum absolute atomic E-state index is 0.0927. The van der Waals surface area contributed by atoms with Crippen LogP contribution in [0.3, 0.4) is 0 Å². The van der Waals surface area contributed by atoms with Crippen LogP contribution in [0.2, 0.25) is 0 Å². The Hall–Kier alpha value is -2.49. The summed E-state index contributed by atoms with van der Waals surface area (Å²) in [4.78, 5) is 19.7. The molecule has 2 aliphatic heterocycles. The largest absolute Gasteiger partial charge is 0.372 e. The molecule has 0 saturated carbocycles. The summed E-state index contributed by atoms with van der Waals surface area (Å²) in [5.74, 6) is 0.548. The van der Waals surface area contributed by atoms with Crippen molar-refractivity contribution in [2.75, 3.05) is 36.4 Å². The van der Waals surface area contributed by atoms with E-state index >= 15 is 0 Å². The van der Waals surface area contributed by atoms with Crippen LogP contribution < -0.4 is 10.2 Å². The fourth-order valence-corrected chi connectivity index (χ4v) is 5.85. The minimum atomic E-state index is -3.52. The van der Waals surface area contributed by atoms with Crippen LogP contribution in [0.25, 0.3) is 0 Å². The average Bonchev–Trinajstić information content (AvgIpc) is 2.79. The molecule has 0 bridgehead atoms. The number of anilines is 2. The Labute approximate surface area is 189 Å². The Morgan fingerprint density at radius 2 is 1.69 bits per heavy atom. The smallest absolute Gasteiger partial charge is 0.243 e. The van der Waals surface area contributed by atoms with Crippen molar-refractivity contribution in [1.82, 2.24) is 9.29 Å². The zero-order chi connectivity index (χ0) is 22.7. The van der Waals surface area contributed by atoms with Crippen molar-refractivity contribution in [3.63, 3.8) is 0 Å². The van der Waals surface area contributed by atoms with Crippen molar-refractivity contribution in [1.29, 1.82) is 0 Å². The fraction of sp³-hybridized carbons (Fsp3) is 0.478. The van der Waals surface area contributed by atoms with Crippen molar-refractivity contribution < 1.29 is 17.9 Å². The highest BCUT2D eigenvalue weighted by Gasteiger charge is 2.32. The molecule has 3 heterocycles. The lowest BCUT2D eigenvalue weighted by Crippen LogP contribution is -2.45. The highest BCUT2D eigenvalue weighted by atomic mass is 32.2. The van der Waals surface area contributed by atoms with Gasteiger partial charge >= 0.3 is 0 Å². The van der Waals surface area contributed by atoms with Crippen molar-refractivity contribution in [2.24, 2.45) is 5.92 Å². The third-order valence-corrected chi connectivity index (χ3v) is 7.88. The SMILES string of the molecule is CC1CN(c2ccc(NC(=O)C3CCN(S(=O)(=O)c4ccccc4)CC3)cn2)CC(C)O1. The summed E-state index contributed by atoms with van der Waals surface area (Å²) in [6.07, 6.45) is 2.96. The Kier molecular flexibility index (Phi) is 6.78. The second-order valence-electron chi connectivity index (χ2n) is 8.55. The van der Waals surface area contributed by atoms with Crippen LogP contribution >= 0.6 is 0 Å². The second-order valence-corrected chi connectivity index (χ2v) is 10.5. The lowest BCUT2D eigenvalue weighted by Gasteiger charge is -2.36. The molecule has 0 spiro atoms. The Morgan fingerprint density at radius 1 is 1.03 bits per heavy atom. The first kappa shape index (κ1) is 22.7. The summed E-state index contributed by atoms with van der Waals surface area (Å²) < 4.78 is 32.8. The quantitative estimate of drug-likeness (QED) is 0.741. The molecule has 172 valence electrons. The number of aromatic nitrogens is 1. The van der Waals surface area contributed by atoms with Gasteiger partial charge in [0.15, 0.2) is 0 Å². The first-order valence-corrected chi connectivity index (χ1v) is 12.5. The molecule has 2 unspecified atom stereocenters. The van der Waals surface area contributed by atoms with Crippen LogP contribution in [0.15, 0.2) is 53.6 Å². The van der Waals surface area contributed by atoms with Gasteiger partial charge in [-0.25, -0.2) is 13.4 Å². The third kappa shape index (κ3) is 5.11. The molecule has 4 rings (SSSR count). The number of sulfonamides is 1. The minimum Gasteiger partial charge on any atom is -0.372 e. The molecule has 1 N–H and O–H groups in total. The number of carbonyl (C=O) groups excluding carboxylic acids is 1. The lowest BCUT2D eigenvalue weighted by atomic mass is 9.97. The number of hydrogen-bond acceptors (Lipinski definition) is 6. The number of ether oxygens (including phenoxy) is 1. The maximum atomic E-state index is 12.8. The number of amides is 1. The van der Waals surface area contributed by atoms with Gasteiger partial charge in [0.25, 0.3) is 0 Å². The second kappa shape index (κ2) is 9.56. The van der Waals surface area contributed by atoms with Crippen LogP contribution in [-0.2, 0) is 19.6 Å². The zero-order valence-electron chi connectivity index (χ0n) is 18.5. The van der Waals surface area contributed by atoms with Gasteiger partial charge in [-0.1, -0.05) is 18.2 Å². The Morgan fingerprint density at radius 3 is 2.28 bits per heavy atom. The molecule has 0 aliphatic carbocycles. The van der Waals surface area contributed by atoms with E-state index in [-0.39, 0.29) is 28.9 Å². The summed E-state index contributed by atoms with van der Waals surface area (Å²) >= 11 is 0. The standard InChI is InChI=1S/C23H30N4O4S/c1-17-15-26(16-18(2)31-17)22-9-8-20(14-24-22)25-23(28)19-10-12-27(13-11-19)32(29,30)21-6-4-3-5-7-21/h3-9,14,17-19H,10-13,15-16H2,1-2H3,(H,25,28). The molecule has 1 amide bonds. The highest BCUT2D eigenvalue weighted by Crippen LogP contribution is 2.25. The average molecular weight is 459 g/mol. The van der Waals surface area contributed by atoms with E-state index in [9.17, 15) is 13.2 Å². The molecule has 8 nitrogen and oxygen atoms in total. The lowest BCUT2D eigenvalue weighted by molar-refractivity contribution is -0.120. The van der Waals surface area contributed by atoms with E-state index in [1.807, 2.05) is 26.0 Å². The predicted octanol–water partition coefficient (Wildman–Crippen LogP) is 2.73. The topological polar surface area (TPSA) is 91.8 Å². The normalized spacial score (nSPS) is 23.1. The Bertz CT molecular complexity index is 1010. The van der Waals surface area contributed by atoms with Gasteiger partial charge in [0.1, 0.15) is 5.82 Å². The molecule has 2 aromatic rings. The predicted molar refractivity (Wildman–Crippen MR) is 123 cm³/mol. The van der Waals surface area contributed by atoms with Crippen LogP contribution in [0.1, 0.15) is 26.7 Å². The first-order chi connectivity index (χ1) is 15.3. The van der Waals surface area contributed by atoms with Gasteiger partial charge in [-0.2, -0.15) is 4.31 Å². The molecule has 9 heteroatoms. The first-order valence-electron chi connectivity index (χ1n) is 11.1. The highest BCUT2D eigenvalue weighted by molar-refractivity contribution is 7.89. The number of piperidine rings is 1. The van der Waals surface area contributed by atoms with Gasteiger partial charge in [0, 0.05) is 32.1 Å². The Balaban J connectivity index is 1.31. The van der Waals surface area contributed by atoms with Crippen molar-refractivity contribution in [3.05, 3.63) is 48.7 Å². The molecule has 2 atom stereocenters. The number of morpholine rings is 1. The zero-order valence-corrected chi connectivity index (χ0v) is 19.3. The van der Waals surface area contributed by atoms with Crippen LogP contribution in [0, 0.1) is 5.92 Å². The number of nitrogens with zero attached hydrogens (tertiary/aromatic N) is 3. The third-order valence-electron chi connectivity index (χ3n) is 5.96. The van der Waals surface area contributed by atoms with Crippen LogP contribution in [-0.4, -0.2) is 62.0 Å². The van der Waals surface area contributed by atoms with Gasteiger partial charge in [0.05, 0.1) is 29.0 Å². The van der Waals surface area contributed by atoms with E-state index in [0.29, 0.717) is 31.6 Å². The van der Waals surface area contributed by atoms with Gasteiger partial charge in [-0.15, -0.1) is 0 Å². The van der Waals surface area contributed by atoms with Crippen molar-refractivity contribution in [2.45, 2.75) is 43.8 Å².